The molecule has 1 aliphatic carbocycles. The van der Waals surface area contributed by atoms with Crippen molar-refractivity contribution in [1.29, 1.82) is 0 Å². The van der Waals surface area contributed by atoms with Gasteiger partial charge in [-0.1, -0.05) is 5.16 Å². The summed E-state index contributed by atoms with van der Waals surface area (Å²) in [5.74, 6) is 2.47. The van der Waals surface area contributed by atoms with Crippen LogP contribution in [-0.2, 0) is 11.2 Å². The van der Waals surface area contributed by atoms with E-state index in [1.54, 1.807) is 7.11 Å². The van der Waals surface area contributed by atoms with Gasteiger partial charge in [-0.15, -0.1) is 0 Å². The number of hydrogen-bond donors (Lipinski definition) is 1. The van der Waals surface area contributed by atoms with Crippen molar-refractivity contribution in [3.8, 4) is 17.1 Å². The standard InChI is InChI=1S/C17H21N3O3/c1-11(12-3-4-12)18-15(21)9-10-16-19-17(20-23-16)13-5-7-14(22-2)8-6-13/h5-8,11-12H,3-4,9-10H2,1-2H3,(H,18,21). The Kier molecular flexibility index (Phi) is 4.60. The Hall–Kier alpha value is -2.37. The van der Waals surface area contributed by atoms with Gasteiger partial charge in [-0.2, -0.15) is 4.98 Å². The number of nitrogens with zero attached hydrogens (tertiary/aromatic N) is 2. The van der Waals surface area contributed by atoms with E-state index in [2.05, 4.69) is 22.4 Å². The Morgan fingerprint density at radius 2 is 2.13 bits per heavy atom. The molecule has 1 unspecified atom stereocenters. The van der Waals surface area contributed by atoms with Crippen LogP contribution in [0.3, 0.4) is 0 Å². The van der Waals surface area contributed by atoms with E-state index in [0.29, 0.717) is 30.5 Å². The normalized spacial score (nSPS) is 15.2. The van der Waals surface area contributed by atoms with Gasteiger partial charge in [0.1, 0.15) is 5.75 Å². The van der Waals surface area contributed by atoms with Gasteiger partial charge in [0.05, 0.1) is 7.11 Å². The third-order valence-corrected chi connectivity index (χ3v) is 4.10. The highest BCUT2D eigenvalue weighted by Gasteiger charge is 2.28. The lowest BCUT2D eigenvalue weighted by Crippen LogP contribution is -2.34. The number of hydrogen-bond acceptors (Lipinski definition) is 5. The highest BCUT2D eigenvalue weighted by molar-refractivity contribution is 5.76. The molecule has 0 spiro atoms. The molecule has 2 aromatic rings. The van der Waals surface area contributed by atoms with E-state index in [4.69, 9.17) is 9.26 Å². The molecule has 1 amide bonds. The molecule has 0 saturated heterocycles. The van der Waals surface area contributed by atoms with Crippen LogP contribution in [0.1, 0.15) is 32.1 Å². The first-order valence-corrected chi connectivity index (χ1v) is 7.92. The van der Waals surface area contributed by atoms with E-state index in [1.807, 2.05) is 24.3 Å². The van der Waals surface area contributed by atoms with Gasteiger partial charge in [0.25, 0.3) is 0 Å². The number of benzene rings is 1. The average Bonchev–Trinajstić information content (AvgIpc) is 3.32. The third-order valence-electron chi connectivity index (χ3n) is 4.10. The molecule has 0 bridgehead atoms. The predicted octanol–water partition coefficient (Wildman–Crippen LogP) is 2.59. The molecule has 1 atom stereocenters. The zero-order chi connectivity index (χ0) is 16.2. The highest BCUT2D eigenvalue weighted by atomic mass is 16.5. The SMILES string of the molecule is COc1ccc(-c2noc(CCC(=O)NC(C)C3CC3)n2)cc1. The monoisotopic (exact) mass is 315 g/mol. The number of methoxy groups -OCH3 is 1. The summed E-state index contributed by atoms with van der Waals surface area (Å²) in [5.41, 5.74) is 0.854. The minimum Gasteiger partial charge on any atom is -0.497 e. The highest BCUT2D eigenvalue weighted by Crippen LogP contribution is 2.32. The Balaban J connectivity index is 1.53. The van der Waals surface area contributed by atoms with Crippen molar-refractivity contribution < 1.29 is 14.1 Å². The Morgan fingerprint density at radius 1 is 1.39 bits per heavy atom. The second-order valence-corrected chi connectivity index (χ2v) is 5.93. The van der Waals surface area contributed by atoms with Crippen LogP contribution in [0.2, 0.25) is 0 Å². The van der Waals surface area contributed by atoms with E-state index in [-0.39, 0.29) is 11.9 Å². The fraction of sp³-hybridized carbons (Fsp3) is 0.471. The van der Waals surface area contributed by atoms with E-state index < -0.39 is 0 Å². The molecule has 1 aliphatic rings. The lowest BCUT2D eigenvalue weighted by Gasteiger charge is -2.11. The molecule has 6 heteroatoms. The summed E-state index contributed by atoms with van der Waals surface area (Å²) in [6.07, 6.45) is 3.25. The second kappa shape index (κ2) is 6.81. The maximum atomic E-state index is 11.9. The first-order valence-electron chi connectivity index (χ1n) is 7.92. The van der Waals surface area contributed by atoms with Crippen LogP contribution >= 0.6 is 0 Å². The fourth-order valence-electron chi connectivity index (χ4n) is 2.47. The minimum atomic E-state index is 0.0357. The molecule has 6 nitrogen and oxygen atoms in total. The number of aryl methyl sites for hydroxylation is 1. The van der Waals surface area contributed by atoms with Gasteiger partial charge in [-0.3, -0.25) is 4.79 Å². The molecule has 1 saturated carbocycles. The lowest BCUT2D eigenvalue weighted by atomic mass is 10.2. The van der Waals surface area contributed by atoms with Gasteiger partial charge in [0.2, 0.25) is 17.6 Å². The first kappa shape index (κ1) is 15.5. The second-order valence-electron chi connectivity index (χ2n) is 5.93. The van der Waals surface area contributed by atoms with Gasteiger partial charge in [-0.25, -0.2) is 0 Å². The molecule has 23 heavy (non-hydrogen) atoms. The van der Waals surface area contributed by atoms with Crippen LogP contribution in [-0.4, -0.2) is 29.2 Å². The van der Waals surface area contributed by atoms with Crippen LogP contribution in [0.5, 0.6) is 5.75 Å². The van der Waals surface area contributed by atoms with E-state index >= 15 is 0 Å². The Bertz CT molecular complexity index is 662. The Morgan fingerprint density at radius 3 is 2.78 bits per heavy atom. The molecule has 1 fully saturated rings. The summed E-state index contributed by atoms with van der Waals surface area (Å²) in [6.45, 7) is 2.06. The molecular weight excluding hydrogens is 294 g/mol. The van der Waals surface area contributed by atoms with E-state index in [0.717, 1.165) is 11.3 Å². The number of amides is 1. The van der Waals surface area contributed by atoms with E-state index in [9.17, 15) is 4.79 Å². The summed E-state index contributed by atoms with van der Waals surface area (Å²) in [4.78, 5) is 16.2. The summed E-state index contributed by atoms with van der Waals surface area (Å²) in [7, 11) is 1.62. The maximum absolute atomic E-state index is 11.9. The van der Waals surface area contributed by atoms with E-state index in [1.165, 1.54) is 12.8 Å². The zero-order valence-corrected chi connectivity index (χ0v) is 13.4. The number of carbonyl (C=O) groups is 1. The quantitative estimate of drug-likeness (QED) is 0.850. The average molecular weight is 315 g/mol. The van der Waals surface area contributed by atoms with Crippen molar-refractivity contribution in [2.75, 3.05) is 7.11 Å². The minimum absolute atomic E-state index is 0.0357. The van der Waals surface area contributed by atoms with Crippen LogP contribution in [0.4, 0.5) is 0 Å². The van der Waals surface area contributed by atoms with Crippen LogP contribution in [0.15, 0.2) is 28.8 Å². The molecule has 3 rings (SSSR count). The molecule has 1 aromatic heterocycles. The van der Waals surface area contributed by atoms with Gasteiger partial charge in [0, 0.05) is 24.4 Å². The van der Waals surface area contributed by atoms with Gasteiger partial charge < -0.3 is 14.6 Å². The fourth-order valence-corrected chi connectivity index (χ4v) is 2.47. The molecule has 0 aliphatic heterocycles. The molecule has 1 N–H and O–H groups in total. The number of nitrogens with one attached hydrogen (secondary N) is 1. The smallest absolute Gasteiger partial charge is 0.227 e. The van der Waals surface area contributed by atoms with Crippen molar-refractivity contribution in [2.45, 2.75) is 38.6 Å². The van der Waals surface area contributed by atoms with Gasteiger partial charge >= 0.3 is 0 Å². The van der Waals surface area contributed by atoms with Crippen LogP contribution < -0.4 is 10.1 Å². The summed E-state index contributed by atoms with van der Waals surface area (Å²) < 4.78 is 10.3. The number of rotatable bonds is 7. The number of aromatic nitrogens is 2. The Labute approximate surface area is 135 Å². The lowest BCUT2D eigenvalue weighted by molar-refractivity contribution is -0.121. The molecule has 1 heterocycles. The zero-order valence-electron chi connectivity index (χ0n) is 13.4. The maximum Gasteiger partial charge on any atom is 0.227 e. The summed E-state index contributed by atoms with van der Waals surface area (Å²) in [6, 6.07) is 7.70. The molecule has 122 valence electrons. The topological polar surface area (TPSA) is 77.2 Å². The first-order chi connectivity index (χ1) is 11.2. The van der Waals surface area contributed by atoms with Gasteiger partial charge in [-0.05, 0) is 49.9 Å². The molecule has 0 radical (unpaired) electrons. The largest absolute Gasteiger partial charge is 0.497 e. The number of carbonyl (C=O) groups excluding carboxylic acids is 1. The summed E-state index contributed by atoms with van der Waals surface area (Å²) in [5, 5.41) is 6.98. The van der Waals surface area contributed by atoms with Crippen molar-refractivity contribution >= 4 is 5.91 Å². The van der Waals surface area contributed by atoms with Crippen molar-refractivity contribution in [2.24, 2.45) is 5.92 Å². The molecule has 1 aromatic carbocycles. The summed E-state index contributed by atoms with van der Waals surface area (Å²) >= 11 is 0. The van der Waals surface area contributed by atoms with Gasteiger partial charge in [0.15, 0.2) is 0 Å². The molecular formula is C17H21N3O3. The van der Waals surface area contributed by atoms with Crippen molar-refractivity contribution in [1.82, 2.24) is 15.5 Å². The number of ether oxygens (including phenoxy) is 1. The van der Waals surface area contributed by atoms with Crippen LogP contribution in [0.25, 0.3) is 11.4 Å². The van der Waals surface area contributed by atoms with Crippen molar-refractivity contribution in [3.05, 3.63) is 30.2 Å². The van der Waals surface area contributed by atoms with Crippen LogP contribution in [0, 0.1) is 5.92 Å². The predicted molar refractivity (Wildman–Crippen MR) is 84.9 cm³/mol. The third kappa shape index (κ3) is 4.09. The van der Waals surface area contributed by atoms with Crippen molar-refractivity contribution in [3.63, 3.8) is 0 Å².